The molecular formula is C16H20N8. The van der Waals surface area contributed by atoms with Crippen LogP contribution in [0.25, 0.3) is 17.1 Å². The molecule has 1 saturated heterocycles. The highest BCUT2D eigenvalue weighted by molar-refractivity contribution is 5.57. The quantitative estimate of drug-likeness (QED) is 0.541. The summed E-state index contributed by atoms with van der Waals surface area (Å²) >= 11 is 0. The summed E-state index contributed by atoms with van der Waals surface area (Å²) in [5.74, 6) is 0.996. The van der Waals surface area contributed by atoms with E-state index in [1.165, 1.54) is 0 Å². The molecule has 2 aromatic heterocycles. The third kappa shape index (κ3) is 3.22. The fraction of sp³-hybridized carbons (Fsp3) is 0.250. The highest BCUT2D eigenvalue weighted by Gasteiger charge is 2.12. The summed E-state index contributed by atoms with van der Waals surface area (Å²) in [4.78, 5) is 8.60. The van der Waals surface area contributed by atoms with Crippen LogP contribution >= 0.6 is 0 Å². The molecule has 8 nitrogen and oxygen atoms in total. The molecule has 1 aliphatic heterocycles. The Morgan fingerprint density at radius 2 is 1.83 bits per heavy atom. The first-order valence-corrected chi connectivity index (χ1v) is 8.01. The molecule has 0 saturated carbocycles. The lowest BCUT2D eigenvalue weighted by atomic mass is 10.2. The van der Waals surface area contributed by atoms with Crippen molar-refractivity contribution in [2.45, 2.75) is 25.6 Å². The summed E-state index contributed by atoms with van der Waals surface area (Å²) in [6.45, 7) is 0.929. The van der Waals surface area contributed by atoms with Gasteiger partial charge in [-0.15, -0.1) is 0 Å². The number of aromatic nitrogens is 4. The summed E-state index contributed by atoms with van der Waals surface area (Å²) < 4.78 is 4.18. The van der Waals surface area contributed by atoms with Crippen molar-refractivity contribution in [2.75, 3.05) is 0 Å². The van der Waals surface area contributed by atoms with Crippen molar-refractivity contribution in [1.82, 2.24) is 41.0 Å². The Hall–Kier alpha value is -2.52. The van der Waals surface area contributed by atoms with Crippen molar-refractivity contribution in [3.8, 4) is 17.1 Å². The van der Waals surface area contributed by atoms with Gasteiger partial charge >= 0.3 is 0 Å². The second-order valence-corrected chi connectivity index (χ2v) is 5.69. The molecule has 4 N–H and O–H groups in total. The molecule has 0 aliphatic carbocycles. The van der Waals surface area contributed by atoms with Crippen LogP contribution in [-0.2, 0) is 6.54 Å². The predicted octanol–water partition coefficient (Wildman–Crippen LogP) is 0.959. The monoisotopic (exact) mass is 324 g/mol. The fourth-order valence-corrected chi connectivity index (χ4v) is 2.84. The predicted molar refractivity (Wildman–Crippen MR) is 90.3 cm³/mol. The minimum Gasteiger partial charge on any atom is -0.331 e. The molecule has 0 atom stereocenters. The van der Waals surface area contributed by atoms with E-state index in [2.05, 4.69) is 60.7 Å². The van der Waals surface area contributed by atoms with Crippen LogP contribution in [0.4, 0.5) is 0 Å². The summed E-state index contributed by atoms with van der Waals surface area (Å²) in [5.41, 5.74) is 14.1. The van der Waals surface area contributed by atoms with Crippen LogP contribution in [0.5, 0.6) is 0 Å². The summed E-state index contributed by atoms with van der Waals surface area (Å²) in [6, 6.07) is 8.36. The first-order valence-electron chi connectivity index (χ1n) is 8.01. The summed E-state index contributed by atoms with van der Waals surface area (Å²) in [5, 5.41) is 0. The molecule has 124 valence electrons. The number of rotatable bonds is 6. The molecule has 8 heteroatoms. The first-order chi connectivity index (χ1) is 11.9. The molecule has 3 aromatic rings. The van der Waals surface area contributed by atoms with Crippen molar-refractivity contribution < 1.29 is 0 Å². The Morgan fingerprint density at radius 3 is 2.58 bits per heavy atom. The molecule has 1 fully saturated rings. The molecule has 4 rings (SSSR count). The Labute approximate surface area is 139 Å². The van der Waals surface area contributed by atoms with E-state index in [0.717, 1.165) is 36.5 Å². The van der Waals surface area contributed by atoms with Gasteiger partial charge in [0.2, 0.25) is 0 Å². The van der Waals surface area contributed by atoms with E-state index in [4.69, 9.17) is 0 Å². The molecule has 0 radical (unpaired) electrons. The zero-order valence-electron chi connectivity index (χ0n) is 13.2. The van der Waals surface area contributed by atoms with Gasteiger partial charge in [0, 0.05) is 42.6 Å². The molecular weight excluding hydrogens is 304 g/mol. The minimum absolute atomic E-state index is 0.242. The number of nitrogens with one attached hydrogen (secondary N) is 4. The smallest absolute Gasteiger partial charge is 0.139 e. The van der Waals surface area contributed by atoms with E-state index >= 15 is 0 Å². The van der Waals surface area contributed by atoms with Gasteiger partial charge in [-0.05, 0) is 37.1 Å². The van der Waals surface area contributed by atoms with Crippen molar-refractivity contribution in [3.05, 3.63) is 55.4 Å². The van der Waals surface area contributed by atoms with Gasteiger partial charge in [-0.2, -0.15) is 11.1 Å². The average Bonchev–Trinajstić information content (AvgIpc) is 3.38. The van der Waals surface area contributed by atoms with Crippen LogP contribution in [0.1, 0.15) is 12.8 Å². The van der Waals surface area contributed by atoms with Gasteiger partial charge in [-0.3, -0.25) is 0 Å². The highest BCUT2D eigenvalue weighted by Crippen LogP contribution is 2.20. The van der Waals surface area contributed by atoms with Crippen LogP contribution in [-0.4, -0.2) is 25.3 Å². The second-order valence-electron chi connectivity index (χ2n) is 5.69. The lowest BCUT2D eigenvalue weighted by Gasteiger charge is -2.11. The third-order valence-electron chi connectivity index (χ3n) is 4.09. The lowest BCUT2D eigenvalue weighted by molar-refractivity contribution is 0.454. The summed E-state index contributed by atoms with van der Waals surface area (Å²) in [6.07, 6.45) is 11.7. The molecule has 0 spiro atoms. The molecule has 0 unspecified atom stereocenters. The van der Waals surface area contributed by atoms with E-state index in [0.29, 0.717) is 0 Å². The topological polar surface area (TPSA) is 83.8 Å². The van der Waals surface area contributed by atoms with E-state index in [-0.39, 0.29) is 6.17 Å². The number of hydrogen-bond donors (Lipinski definition) is 4. The van der Waals surface area contributed by atoms with E-state index in [1.807, 2.05) is 23.2 Å². The van der Waals surface area contributed by atoms with Crippen molar-refractivity contribution >= 4 is 0 Å². The Bertz CT molecular complexity index is 756. The maximum absolute atomic E-state index is 4.52. The third-order valence-corrected chi connectivity index (χ3v) is 4.09. The van der Waals surface area contributed by atoms with Gasteiger partial charge in [0.25, 0.3) is 0 Å². The van der Waals surface area contributed by atoms with Crippen LogP contribution in [0, 0.1) is 0 Å². The summed E-state index contributed by atoms with van der Waals surface area (Å²) in [7, 11) is 0. The minimum atomic E-state index is 0.242. The van der Waals surface area contributed by atoms with Gasteiger partial charge in [0.05, 0.1) is 12.5 Å². The Kier molecular flexibility index (Phi) is 4.34. The highest BCUT2D eigenvalue weighted by atomic mass is 15.8. The van der Waals surface area contributed by atoms with Crippen molar-refractivity contribution in [2.24, 2.45) is 0 Å². The first kappa shape index (κ1) is 15.0. The maximum Gasteiger partial charge on any atom is 0.139 e. The van der Waals surface area contributed by atoms with Crippen LogP contribution < -0.4 is 21.9 Å². The number of hydrazine groups is 3. The van der Waals surface area contributed by atoms with Crippen molar-refractivity contribution in [1.29, 1.82) is 0 Å². The van der Waals surface area contributed by atoms with Gasteiger partial charge in [0.1, 0.15) is 5.82 Å². The molecule has 24 heavy (non-hydrogen) atoms. The van der Waals surface area contributed by atoms with E-state index in [9.17, 15) is 0 Å². The van der Waals surface area contributed by atoms with Crippen molar-refractivity contribution in [3.63, 3.8) is 0 Å². The SMILES string of the molecule is c1cn(-c2ccc(-c3nccn3CCCC3NNNN3)cc2)cn1. The second kappa shape index (κ2) is 6.93. The molecule has 0 bridgehead atoms. The van der Waals surface area contributed by atoms with E-state index in [1.54, 1.807) is 12.5 Å². The molecule has 3 heterocycles. The van der Waals surface area contributed by atoms with E-state index < -0.39 is 0 Å². The van der Waals surface area contributed by atoms with Gasteiger partial charge in [-0.1, -0.05) is 0 Å². The van der Waals surface area contributed by atoms with Crippen LogP contribution in [0.3, 0.4) is 0 Å². The zero-order valence-corrected chi connectivity index (χ0v) is 13.2. The fourth-order valence-electron chi connectivity index (χ4n) is 2.84. The lowest BCUT2D eigenvalue weighted by Crippen LogP contribution is -2.33. The molecule has 1 aromatic carbocycles. The number of hydrogen-bond acceptors (Lipinski definition) is 6. The maximum atomic E-state index is 4.52. The number of imidazole rings is 2. The number of nitrogens with zero attached hydrogens (tertiary/aromatic N) is 4. The Balaban J connectivity index is 1.43. The normalized spacial score (nSPS) is 15.2. The number of benzene rings is 1. The average molecular weight is 324 g/mol. The zero-order chi connectivity index (χ0) is 16.2. The van der Waals surface area contributed by atoms with Crippen LogP contribution in [0.2, 0.25) is 0 Å². The van der Waals surface area contributed by atoms with Crippen LogP contribution in [0.15, 0.2) is 55.4 Å². The Morgan fingerprint density at radius 1 is 1.00 bits per heavy atom. The van der Waals surface area contributed by atoms with Gasteiger partial charge in [-0.25, -0.2) is 20.8 Å². The van der Waals surface area contributed by atoms with Gasteiger partial charge in [0.15, 0.2) is 0 Å². The molecule has 1 aliphatic rings. The number of aryl methyl sites for hydroxylation is 1. The standard InChI is InChI=1S/C16H20N8/c1(2-15-19-21-22-20-15)9-23-11-8-18-16(23)13-3-5-14(6-4-13)24-10-7-17-12-24/h3-8,10-12,15,19-22H,1-2,9H2. The van der Waals surface area contributed by atoms with Gasteiger partial charge < -0.3 is 9.13 Å². The molecule has 0 amide bonds. The largest absolute Gasteiger partial charge is 0.331 e.